The third-order valence-electron chi connectivity index (χ3n) is 3.66. The molecule has 2 unspecified atom stereocenters. The summed E-state index contributed by atoms with van der Waals surface area (Å²) in [6, 6.07) is 7.83. The van der Waals surface area contributed by atoms with Crippen molar-refractivity contribution in [1.29, 1.82) is 0 Å². The van der Waals surface area contributed by atoms with Gasteiger partial charge in [-0.15, -0.1) is 12.4 Å². The Kier molecular flexibility index (Phi) is 6.95. The predicted octanol–water partition coefficient (Wildman–Crippen LogP) is 1.66. The Bertz CT molecular complexity index is 445. The summed E-state index contributed by atoms with van der Waals surface area (Å²) in [5.41, 5.74) is 6.62. The van der Waals surface area contributed by atoms with Gasteiger partial charge in [-0.25, -0.2) is 0 Å². The maximum absolute atomic E-state index is 12.1. The number of hydrogen-bond donors (Lipinski definition) is 2. The van der Waals surface area contributed by atoms with Gasteiger partial charge in [0.05, 0.1) is 13.2 Å². The summed E-state index contributed by atoms with van der Waals surface area (Å²) in [7, 11) is 3.14. The smallest absolute Gasteiger partial charge is 0.250 e. The molecule has 0 bridgehead atoms. The molecule has 0 spiro atoms. The Morgan fingerprint density at radius 3 is 2.38 bits per heavy atom. The lowest BCUT2D eigenvalue weighted by molar-refractivity contribution is -0.131. The Labute approximate surface area is 131 Å². The minimum absolute atomic E-state index is 0. The van der Waals surface area contributed by atoms with Gasteiger partial charge in [0, 0.05) is 13.7 Å². The molecule has 0 saturated heterocycles. The van der Waals surface area contributed by atoms with Gasteiger partial charge >= 0.3 is 0 Å². The summed E-state index contributed by atoms with van der Waals surface area (Å²) >= 11 is 0. The topological polar surface area (TPSA) is 73.6 Å². The van der Waals surface area contributed by atoms with E-state index in [1.165, 1.54) is 7.11 Å². The second-order valence-corrected chi connectivity index (χ2v) is 5.06. The zero-order valence-electron chi connectivity index (χ0n) is 12.4. The molecule has 2 rings (SSSR count). The average Bonchev–Trinajstić information content (AvgIpc) is 3.31. The predicted molar refractivity (Wildman–Crippen MR) is 83.7 cm³/mol. The van der Waals surface area contributed by atoms with Crippen LogP contribution in [0.1, 0.15) is 24.4 Å². The third kappa shape index (κ3) is 4.59. The number of nitrogens with one attached hydrogen (secondary N) is 1. The van der Waals surface area contributed by atoms with Crippen molar-refractivity contribution < 1.29 is 14.3 Å². The molecule has 21 heavy (non-hydrogen) atoms. The fraction of sp³-hybridized carbons (Fsp3) is 0.533. The first-order chi connectivity index (χ1) is 9.69. The Balaban J connectivity index is 0.00000220. The second-order valence-electron chi connectivity index (χ2n) is 5.06. The highest BCUT2D eigenvalue weighted by atomic mass is 35.5. The van der Waals surface area contributed by atoms with Gasteiger partial charge in [-0.1, -0.05) is 12.1 Å². The molecule has 1 fully saturated rings. The van der Waals surface area contributed by atoms with Gasteiger partial charge in [0.1, 0.15) is 11.9 Å². The Hall–Kier alpha value is -1.30. The van der Waals surface area contributed by atoms with Crippen LogP contribution in [0, 0.1) is 5.92 Å². The van der Waals surface area contributed by atoms with Crippen molar-refractivity contribution in [3.63, 3.8) is 0 Å². The van der Waals surface area contributed by atoms with Crippen molar-refractivity contribution in [3.8, 4) is 5.75 Å². The maximum Gasteiger partial charge on any atom is 0.250 e. The molecule has 118 valence electrons. The Morgan fingerprint density at radius 1 is 1.33 bits per heavy atom. The van der Waals surface area contributed by atoms with E-state index in [9.17, 15) is 4.79 Å². The molecule has 1 saturated carbocycles. The summed E-state index contributed by atoms with van der Waals surface area (Å²) in [4.78, 5) is 12.1. The molecule has 2 atom stereocenters. The number of amides is 1. The summed E-state index contributed by atoms with van der Waals surface area (Å²) in [6.45, 7) is 0.183. The van der Waals surface area contributed by atoms with E-state index in [-0.39, 0.29) is 30.9 Å². The van der Waals surface area contributed by atoms with Crippen LogP contribution in [-0.4, -0.2) is 32.8 Å². The number of hydrogen-bond acceptors (Lipinski definition) is 4. The number of nitrogens with two attached hydrogens (primary N) is 1. The standard InChI is InChI=1S/C15H22N2O3.ClH/c1-19-12-7-5-11(6-8-12)14(10-3-4-10)17-15(18)13(9-16)20-2;/h5-8,10,13-14H,3-4,9,16H2,1-2H3,(H,17,18);1H. The molecule has 1 aliphatic rings. The van der Waals surface area contributed by atoms with Crippen LogP contribution in [0.15, 0.2) is 24.3 Å². The van der Waals surface area contributed by atoms with E-state index in [4.69, 9.17) is 15.2 Å². The van der Waals surface area contributed by atoms with E-state index in [0.29, 0.717) is 5.92 Å². The first kappa shape index (κ1) is 17.8. The van der Waals surface area contributed by atoms with E-state index in [1.807, 2.05) is 24.3 Å². The highest BCUT2D eigenvalue weighted by molar-refractivity contribution is 5.85. The van der Waals surface area contributed by atoms with E-state index in [0.717, 1.165) is 24.2 Å². The van der Waals surface area contributed by atoms with Crippen molar-refractivity contribution in [1.82, 2.24) is 5.32 Å². The SMILES string of the molecule is COc1ccc(C(NC(=O)C(CN)OC)C2CC2)cc1.Cl. The van der Waals surface area contributed by atoms with Crippen LogP contribution < -0.4 is 15.8 Å². The first-order valence-corrected chi connectivity index (χ1v) is 6.86. The number of halogens is 1. The van der Waals surface area contributed by atoms with E-state index in [2.05, 4.69) is 5.32 Å². The molecule has 6 heteroatoms. The number of benzene rings is 1. The van der Waals surface area contributed by atoms with Gasteiger partial charge in [-0.3, -0.25) is 4.79 Å². The second kappa shape index (κ2) is 8.22. The summed E-state index contributed by atoms with van der Waals surface area (Å²) in [5, 5.41) is 3.05. The number of methoxy groups -OCH3 is 2. The van der Waals surface area contributed by atoms with Gasteiger partial charge in [-0.05, 0) is 36.5 Å². The van der Waals surface area contributed by atoms with Crippen molar-refractivity contribution in [2.75, 3.05) is 20.8 Å². The van der Waals surface area contributed by atoms with E-state index < -0.39 is 6.10 Å². The summed E-state index contributed by atoms with van der Waals surface area (Å²) < 4.78 is 10.2. The maximum atomic E-state index is 12.1. The molecule has 0 heterocycles. The van der Waals surface area contributed by atoms with Crippen molar-refractivity contribution in [3.05, 3.63) is 29.8 Å². The minimum Gasteiger partial charge on any atom is -0.497 e. The third-order valence-corrected chi connectivity index (χ3v) is 3.66. The van der Waals surface area contributed by atoms with Crippen LogP contribution in [0.4, 0.5) is 0 Å². The van der Waals surface area contributed by atoms with Crippen LogP contribution in [0.2, 0.25) is 0 Å². The van der Waals surface area contributed by atoms with Gasteiger partial charge in [0.25, 0.3) is 5.91 Å². The van der Waals surface area contributed by atoms with Gasteiger partial charge < -0.3 is 20.5 Å². The van der Waals surface area contributed by atoms with Crippen molar-refractivity contribution >= 4 is 18.3 Å². The van der Waals surface area contributed by atoms with Crippen molar-refractivity contribution in [2.45, 2.75) is 25.0 Å². The number of ether oxygens (including phenoxy) is 2. The lowest BCUT2D eigenvalue weighted by Gasteiger charge is -2.22. The van der Waals surface area contributed by atoms with Gasteiger partial charge in [0.15, 0.2) is 0 Å². The van der Waals surface area contributed by atoms with Crippen LogP contribution >= 0.6 is 12.4 Å². The Morgan fingerprint density at radius 2 is 1.95 bits per heavy atom. The highest BCUT2D eigenvalue weighted by Gasteiger charge is 2.34. The quantitative estimate of drug-likeness (QED) is 0.802. The van der Waals surface area contributed by atoms with Crippen LogP contribution in [0.3, 0.4) is 0 Å². The highest BCUT2D eigenvalue weighted by Crippen LogP contribution is 2.41. The van der Waals surface area contributed by atoms with Crippen LogP contribution in [0.25, 0.3) is 0 Å². The number of carbonyl (C=O) groups excluding carboxylic acids is 1. The average molecular weight is 315 g/mol. The first-order valence-electron chi connectivity index (χ1n) is 6.86. The fourth-order valence-corrected chi connectivity index (χ4v) is 2.27. The molecular formula is C15H23ClN2O3. The molecule has 1 aliphatic carbocycles. The lowest BCUT2D eigenvalue weighted by Crippen LogP contribution is -2.42. The summed E-state index contributed by atoms with van der Waals surface area (Å²) in [5.74, 6) is 1.16. The zero-order valence-corrected chi connectivity index (χ0v) is 13.2. The molecule has 0 aromatic heterocycles. The van der Waals surface area contributed by atoms with Crippen LogP contribution in [-0.2, 0) is 9.53 Å². The molecule has 0 radical (unpaired) electrons. The molecule has 1 aromatic carbocycles. The van der Waals surface area contributed by atoms with Crippen molar-refractivity contribution in [2.24, 2.45) is 11.7 Å². The number of rotatable bonds is 7. The molecule has 1 aromatic rings. The van der Waals surface area contributed by atoms with Crippen LogP contribution in [0.5, 0.6) is 5.75 Å². The monoisotopic (exact) mass is 314 g/mol. The molecule has 5 nitrogen and oxygen atoms in total. The lowest BCUT2D eigenvalue weighted by atomic mass is 10.0. The molecule has 3 N–H and O–H groups in total. The number of carbonyl (C=O) groups is 1. The molecule has 1 amide bonds. The zero-order chi connectivity index (χ0) is 14.5. The summed E-state index contributed by atoms with van der Waals surface area (Å²) in [6.07, 6.45) is 1.68. The minimum atomic E-state index is -0.588. The van der Waals surface area contributed by atoms with E-state index >= 15 is 0 Å². The fourth-order valence-electron chi connectivity index (χ4n) is 2.27. The molecular weight excluding hydrogens is 292 g/mol. The van der Waals surface area contributed by atoms with Gasteiger partial charge in [-0.2, -0.15) is 0 Å². The molecule has 0 aliphatic heterocycles. The van der Waals surface area contributed by atoms with Gasteiger partial charge in [0.2, 0.25) is 0 Å². The normalized spacial score (nSPS) is 16.5. The van der Waals surface area contributed by atoms with E-state index in [1.54, 1.807) is 7.11 Å². The largest absolute Gasteiger partial charge is 0.497 e.